The van der Waals surface area contributed by atoms with Crippen LogP contribution in [-0.2, 0) is 4.79 Å². The van der Waals surface area contributed by atoms with E-state index in [0.717, 1.165) is 4.88 Å². The van der Waals surface area contributed by atoms with Crippen molar-refractivity contribution in [2.24, 2.45) is 0 Å². The third-order valence-corrected chi connectivity index (χ3v) is 5.11. The van der Waals surface area contributed by atoms with Crippen molar-refractivity contribution in [1.29, 1.82) is 0 Å². The number of carbonyl (C=O) groups excluding carboxylic acids is 1. The van der Waals surface area contributed by atoms with Crippen LogP contribution in [0.4, 0.5) is 5.69 Å². The van der Waals surface area contributed by atoms with Gasteiger partial charge in [0.05, 0.1) is 22.4 Å². The smallest absolute Gasteiger partial charge is 0.262 e. The summed E-state index contributed by atoms with van der Waals surface area (Å²) < 4.78 is 1.31. The first-order valence-corrected chi connectivity index (χ1v) is 8.67. The number of fused-ring (bicyclic) bond motifs is 1. The Morgan fingerprint density at radius 1 is 1.33 bits per heavy atom. The highest BCUT2D eigenvalue weighted by Crippen LogP contribution is 2.26. The Morgan fingerprint density at radius 2 is 2.08 bits per heavy atom. The summed E-state index contributed by atoms with van der Waals surface area (Å²) in [5.74, 6) is -0.380. The number of hydrogen-bond donors (Lipinski definition) is 1. The normalized spacial score (nSPS) is 12.3. The lowest BCUT2D eigenvalue weighted by Crippen LogP contribution is -2.31. The number of aromatic nitrogens is 2. The molecule has 1 amide bonds. The maximum atomic E-state index is 12.6. The van der Waals surface area contributed by atoms with Crippen molar-refractivity contribution >= 4 is 56.3 Å². The highest BCUT2D eigenvalue weighted by Gasteiger charge is 2.19. The Bertz CT molecular complexity index is 997. The van der Waals surface area contributed by atoms with E-state index in [0.29, 0.717) is 25.9 Å². The van der Waals surface area contributed by atoms with Crippen LogP contribution in [-0.4, -0.2) is 15.5 Å². The first-order valence-electron chi connectivity index (χ1n) is 7.10. The summed E-state index contributed by atoms with van der Waals surface area (Å²) in [6.45, 7) is 3.54. The lowest BCUT2D eigenvalue weighted by atomic mass is 10.2. The zero-order valence-electron chi connectivity index (χ0n) is 12.8. The number of carbonyl (C=O) groups is 1. The number of halogens is 2. The number of nitrogens with one attached hydrogen (secondary N) is 1. The van der Waals surface area contributed by atoms with Gasteiger partial charge in [0.2, 0.25) is 5.91 Å². The molecule has 2 heterocycles. The van der Waals surface area contributed by atoms with Crippen molar-refractivity contribution in [3.05, 3.63) is 55.9 Å². The number of amides is 1. The van der Waals surface area contributed by atoms with Gasteiger partial charge in [-0.2, -0.15) is 0 Å². The van der Waals surface area contributed by atoms with Gasteiger partial charge >= 0.3 is 0 Å². The largest absolute Gasteiger partial charge is 0.323 e. The van der Waals surface area contributed by atoms with Crippen LogP contribution >= 0.6 is 34.5 Å². The first kappa shape index (κ1) is 17.0. The lowest BCUT2D eigenvalue weighted by molar-refractivity contribution is -0.118. The second kappa shape index (κ2) is 6.55. The number of rotatable bonds is 3. The number of aryl methyl sites for hydroxylation is 1. The molecule has 0 saturated carbocycles. The molecule has 1 aromatic carbocycles. The van der Waals surface area contributed by atoms with Crippen LogP contribution < -0.4 is 10.9 Å². The van der Waals surface area contributed by atoms with E-state index < -0.39 is 6.04 Å². The molecule has 24 heavy (non-hydrogen) atoms. The number of anilines is 1. The molecule has 0 fully saturated rings. The van der Waals surface area contributed by atoms with E-state index in [1.54, 1.807) is 31.2 Å². The van der Waals surface area contributed by atoms with Crippen LogP contribution in [0.15, 0.2) is 35.4 Å². The molecular weight excluding hydrogens is 369 g/mol. The molecule has 124 valence electrons. The number of nitrogens with zero attached hydrogens (tertiary/aromatic N) is 2. The molecule has 0 radical (unpaired) electrons. The van der Waals surface area contributed by atoms with E-state index >= 15 is 0 Å². The predicted octanol–water partition coefficient (Wildman–Crippen LogP) is 4.27. The van der Waals surface area contributed by atoms with Gasteiger partial charge in [0.1, 0.15) is 10.9 Å². The third kappa shape index (κ3) is 3.17. The fourth-order valence-corrected chi connectivity index (χ4v) is 3.46. The maximum absolute atomic E-state index is 12.6. The molecular formula is C16H13Cl2N3O2S. The number of thiophene rings is 1. The van der Waals surface area contributed by atoms with Gasteiger partial charge < -0.3 is 5.32 Å². The minimum atomic E-state index is -0.746. The van der Waals surface area contributed by atoms with Crippen molar-refractivity contribution in [2.75, 3.05) is 5.32 Å². The van der Waals surface area contributed by atoms with Gasteiger partial charge in [-0.05, 0) is 38.1 Å². The van der Waals surface area contributed by atoms with E-state index in [-0.39, 0.29) is 11.5 Å². The summed E-state index contributed by atoms with van der Waals surface area (Å²) in [4.78, 5) is 31.0. The Hall–Kier alpha value is -1.89. The highest BCUT2D eigenvalue weighted by atomic mass is 35.5. The fourth-order valence-electron chi connectivity index (χ4n) is 2.29. The van der Waals surface area contributed by atoms with E-state index in [1.165, 1.54) is 22.2 Å². The Kier molecular flexibility index (Phi) is 4.62. The van der Waals surface area contributed by atoms with E-state index in [1.807, 2.05) is 6.92 Å². The summed E-state index contributed by atoms with van der Waals surface area (Å²) in [5, 5.41) is 4.03. The van der Waals surface area contributed by atoms with Gasteiger partial charge in [-0.25, -0.2) is 4.98 Å². The van der Waals surface area contributed by atoms with E-state index in [2.05, 4.69) is 10.3 Å². The second-order valence-electron chi connectivity index (χ2n) is 5.32. The van der Waals surface area contributed by atoms with Gasteiger partial charge in [-0.1, -0.05) is 23.2 Å². The SMILES string of the molecule is Cc1cc2c(=O)n(C(C)C(=O)Nc3cc(Cl)ccc3Cl)cnc2s1. The molecule has 0 spiro atoms. The standard InChI is InChI=1S/C16H13Cl2N3O2S/c1-8-5-11-15(24-8)19-7-21(16(11)23)9(2)14(22)20-13-6-10(17)3-4-12(13)18/h3-7,9H,1-2H3,(H,20,22). The van der Waals surface area contributed by atoms with Crippen LogP contribution in [0.2, 0.25) is 10.0 Å². The van der Waals surface area contributed by atoms with Gasteiger partial charge in [0, 0.05) is 9.90 Å². The van der Waals surface area contributed by atoms with Gasteiger partial charge in [-0.15, -0.1) is 11.3 Å². The van der Waals surface area contributed by atoms with Crippen LogP contribution in [0.25, 0.3) is 10.2 Å². The zero-order valence-corrected chi connectivity index (χ0v) is 15.2. The number of benzene rings is 1. The molecule has 3 rings (SSSR count). The van der Waals surface area contributed by atoms with Crippen LogP contribution in [0.5, 0.6) is 0 Å². The summed E-state index contributed by atoms with van der Waals surface area (Å²) in [5.41, 5.74) is 0.152. The minimum Gasteiger partial charge on any atom is -0.323 e. The van der Waals surface area contributed by atoms with Crippen molar-refractivity contribution in [2.45, 2.75) is 19.9 Å². The van der Waals surface area contributed by atoms with E-state index in [4.69, 9.17) is 23.2 Å². The van der Waals surface area contributed by atoms with Gasteiger partial charge in [-0.3, -0.25) is 14.2 Å². The minimum absolute atomic E-state index is 0.246. The molecule has 0 aliphatic heterocycles. The third-order valence-electron chi connectivity index (χ3n) is 3.58. The average molecular weight is 382 g/mol. The average Bonchev–Trinajstić information content (AvgIpc) is 2.92. The molecule has 0 aliphatic rings. The van der Waals surface area contributed by atoms with E-state index in [9.17, 15) is 9.59 Å². The predicted molar refractivity (Wildman–Crippen MR) is 98.4 cm³/mol. The first-order chi connectivity index (χ1) is 11.4. The van der Waals surface area contributed by atoms with Crippen LogP contribution in [0.3, 0.4) is 0 Å². The molecule has 1 atom stereocenters. The van der Waals surface area contributed by atoms with Gasteiger partial charge in [0.15, 0.2) is 0 Å². The van der Waals surface area contributed by atoms with Crippen molar-refractivity contribution in [3.8, 4) is 0 Å². The van der Waals surface area contributed by atoms with Crippen molar-refractivity contribution in [1.82, 2.24) is 9.55 Å². The zero-order chi connectivity index (χ0) is 17.4. The van der Waals surface area contributed by atoms with Crippen LogP contribution in [0.1, 0.15) is 17.8 Å². The summed E-state index contributed by atoms with van der Waals surface area (Å²) in [6.07, 6.45) is 1.39. The summed E-state index contributed by atoms with van der Waals surface area (Å²) >= 11 is 13.4. The molecule has 3 aromatic rings. The Balaban J connectivity index is 1.92. The quantitative estimate of drug-likeness (QED) is 0.736. The number of hydrogen-bond acceptors (Lipinski definition) is 4. The molecule has 0 bridgehead atoms. The summed E-state index contributed by atoms with van der Waals surface area (Å²) in [7, 11) is 0. The second-order valence-corrected chi connectivity index (χ2v) is 7.40. The lowest BCUT2D eigenvalue weighted by Gasteiger charge is -2.15. The highest BCUT2D eigenvalue weighted by molar-refractivity contribution is 7.18. The molecule has 2 aromatic heterocycles. The molecule has 5 nitrogen and oxygen atoms in total. The van der Waals surface area contributed by atoms with Crippen molar-refractivity contribution in [3.63, 3.8) is 0 Å². The Morgan fingerprint density at radius 3 is 2.83 bits per heavy atom. The fraction of sp³-hybridized carbons (Fsp3) is 0.188. The Labute approximate surface area is 151 Å². The molecule has 0 saturated heterocycles. The monoisotopic (exact) mass is 381 g/mol. The maximum Gasteiger partial charge on any atom is 0.262 e. The van der Waals surface area contributed by atoms with Crippen molar-refractivity contribution < 1.29 is 4.79 Å². The topological polar surface area (TPSA) is 64.0 Å². The van der Waals surface area contributed by atoms with Crippen LogP contribution in [0, 0.1) is 6.92 Å². The molecule has 8 heteroatoms. The molecule has 0 aliphatic carbocycles. The molecule has 1 unspecified atom stereocenters. The molecule has 1 N–H and O–H groups in total. The summed E-state index contributed by atoms with van der Waals surface area (Å²) in [6, 6.07) is 5.82. The van der Waals surface area contributed by atoms with Gasteiger partial charge in [0.25, 0.3) is 5.56 Å².